The molecule has 6 heteroatoms. The molecule has 3 rings (SSSR count). The van der Waals surface area contributed by atoms with E-state index >= 15 is 0 Å². The molecule has 0 bridgehead atoms. The summed E-state index contributed by atoms with van der Waals surface area (Å²) in [6, 6.07) is 11.4. The topological polar surface area (TPSA) is 69.0 Å². The Hall–Kier alpha value is -3.15. The first-order valence-corrected chi connectivity index (χ1v) is 7.94. The van der Waals surface area contributed by atoms with Crippen LogP contribution in [0, 0.1) is 6.92 Å². The molecule has 2 aromatic heterocycles. The molecule has 0 unspecified atom stereocenters. The normalized spacial score (nSPS) is 10.5. The zero-order valence-electron chi connectivity index (χ0n) is 14.5. The summed E-state index contributed by atoms with van der Waals surface area (Å²) in [6.07, 6.45) is 3.43. The molecule has 0 radical (unpaired) electrons. The van der Waals surface area contributed by atoms with Crippen molar-refractivity contribution in [3.8, 4) is 17.0 Å². The predicted octanol–water partition coefficient (Wildman–Crippen LogP) is 2.73. The number of pyridine rings is 1. The number of benzene rings is 1. The number of aryl methyl sites for hydroxylation is 2. The van der Waals surface area contributed by atoms with Gasteiger partial charge < -0.3 is 10.1 Å². The molecule has 6 nitrogen and oxygen atoms in total. The highest BCUT2D eigenvalue weighted by atomic mass is 16.5. The second kappa shape index (κ2) is 7.17. The largest absolute Gasteiger partial charge is 0.496 e. The molecule has 0 aliphatic heterocycles. The molecule has 25 heavy (non-hydrogen) atoms. The van der Waals surface area contributed by atoms with Crippen molar-refractivity contribution in [3.05, 3.63) is 65.6 Å². The summed E-state index contributed by atoms with van der Waals surface area (Å²) < 4.78 is 7.00. The zero-order chi connectivity index (χ0) is 17.8. The Morgan fingerprint density at radius 1 is 1.28 bits per heavy atom. The number of methoxy groups -OCH3 is 1. The van der Waals surface area contributed by atoms with Gasteiger partial charge in [-0.2, -0.15) is 5.10 Å². The fourth-order valence-corrected chi connectivity index (χ4v) is 2.66. The lowest BCUT2D eigenvalue weighted by atomic mass is 10.1. The minimum absolute atomic E-state index is 0.212. The lowest BCUT2D eigenvalue weighted by molar-refractivity contribution is 0.0945. The monoisotopic (exact) mass is 336 g/mol. The van der Waals surface area contributed by atoms with Crippen LogP contribution in [0.5, 0.6) is 5.75 Å². The van der Waals surface area contributed by atoms with Gasteiger partial charge in [0.15, 0.2) is 5.69 Å². The minimum Gasteiger partial charge on any atom is -0.496 e. The summed E-state index contributed by atoms with van der Waals surface area (Å²) in [6.45, 7) is 2.40. The van der Waals surface area contributed by atoms with Crippen LogP contribution < -0.4 is 10.1 Å². The third kappa shape index (κ3) is 3.68. The summed E-state index contributed by atoms with van der Waals surface area (Å²) in [7, 11) is 3.48. The molecule has 0 atom stereocenters. The summed E-state index contributed by atoms with van der Waals surface area (Å²) in [5.41, 5.74) is 4.22. The van der Waals surface area contributed by atoms with E-state index in [4.69, 9.17) is 4.74 Å². The van der Waals surface area contributed by atoms with Crippen molar-refractivity contribution in [3.63, 3.8) is 0 Å². The van der Waals surface area contributed by atoms with Crippen molar-refractivity contribution in [1.82, 2.24) is 20.1 Å². The number of amides is 1. The van der Waals surface area contributed by atoms with Crippen LogP contribution >= 0.6 is 0 Å². The summed E-state index contributed by atoms with van der Waals surface area (Å²) in [5, 5.41) is 7.19. The van der Waals surface area contributed by atoms with Crippen LogP contribution in [0.25, 0.3) is 11.3 Å². The number of nitrogens with zero attached hydrogens (tertiary/aromatic N) is 3. The van der Waals surface area contributed by atoms with E-state index in [0.717, 1.165) is 28.1 Å². The standard InChI is InChI=1S/C19H20N4O2/c1-13-9-15(6-7-18(13)25-3)17-10-16(22-23(17)2)19(24)21-12-14-5-4-8-20-11-14/h4-11H,12H2,1-3H3,(H,21,24). The number of hydrogen-bond acceptors (Lipinski definition) is 4. The van der Waals surface area contributed by atoms with Gasteiger partial charge >= 0.3 is 0 Å². The van der Waals surface area contributed by atoms with Crippen molar-refractivity contribution in [1.29, 1.82) is 0 Å². The SMILES string of the molecule is COc1ccc(-c2cc(C(=O)NCc3cccnc3)nn2C)cc1C. The van der Waals surface area contributed by atoms with Gasteiger partial charge in [0.05, 0.1) is 12.8 Å². The molecule has 128 valence electrons. The van der Waals surface area contributed by atoms with E-state index in [1.807, 2.05) is 44.3 Å². The van der Waals surface area contributed by atoms with Crippen molar-refractivity contribution in [2.45, 2.75) is 13.5 Å². The van der Waals surface area contributed by atoms with E-state index in [-0.39, 0.29) is 5.91 Å². The van der Waals surface area contributed by atoms with Crippen molar-refractivity contribution >= 4 is 5.91 Å². The average molecular weight is 336 g/mol. The van der Waals surface area contributed by atoms with Gasteiger partial charge in [0, 0.05) is 31.5 Å². The molecular formula is C19H20N4O2. The van der Waals surface area contributed by atoms with Crippen molar-refractivity contribution in [2.24, 2.45) is 7.05 Å². The van der Waals surface area contributed by atoms with Gasteiger partial charge in [0.25, 0.3) is 5.91 Å². The summed E-state index contributed by atoms with van der Waals surface area (Å²) in [5.74, 6) is 0.622. The Kier molecular flexibility index (Phi) is 4.79. The van der Waals surface area contributed by atoms with E-state index in [1.165, 1.54) is 0 Å². The van der Waals surface area contributed by atoms with Crippen LogP contribution in [0.3, 0.4) is 0 Å². The van der Waals surface area contributed by atoms with E-state index in [0.29, 0.717) is 12.2 Å². The Morgan fingerprint density at radius 3 is 2.80 bits per heavy atom. The molecule has 0 fully saturated rings. The van der Waals surface area contributed by atoms with Crippen LogP contribution in [-0.4, -0.2) is 27.8 Å². The van der Waals surface area contributed by atoms with Crippen LogP contribution in [0.15, 0.2) is 48.8 Å². The second-order valence-electron chi connectivity index (χ2n) is 5.77. The number of nitrogens with one attached hydrogen (secondary N) is 1. The van der Waals surface area contributed by atoms with Crippen molar-refractivity contribution < 1.29 is 9.53 Å². The predicted molar refractivity (Wildman–Crippen MR) is 95.3 cm³/mol. The Labute approximate surface area is 146 Å². The number of carbonyl (C=O) groups excluding carboxylic acids is 1. The summed E-state index contributed by atoms with van der Waals surface area (Å²) in [4.78, 5) is 16.4. The summed E-state index contributed by atoms with van der Waals surface area (Å²) >= 11 is 0. The molecule has 0 saturated heterocycles. The lowest BCUT2D eigenvalue weighted by Gasteiger charge is -2.07. The molecule has 1 amide bonds. The first kappa shape index (κ1) is 16.7. The van der Waals surface area contributed by atoms with Crippen LogP contribution in [0.1, 0.15) is 21.6 Å². The minimum atomic E-state index is -0.212. The maximum absolute atomic E-state index is 12.4. The average Bonchev–Trinajstić information content (AvgIpc) is 3.02. The molecule has 0 aliphatic rings. The Bertz CT molecular complexity index is 888. The number of aromatic nitrogens is 3. The lowest BCUT2D eigenvalue weighted by Crippen LogP contribution is -2.23. The molecular weight excluding hydrogens is 316 g/mol. The van der Waals surface area contributed by atoms with E-state index in [2.05, 4.69) is 15.4 Å². The number of ether oxygens (including phenoxy) is 1. The smallest absolute Gasteiger partial charge is 0.272 e. The zero-order valence-corrected chi connectivity index (χ0v) is 14.5. The molecule has 1 N–H and O–H groups in total. The molecule has 3 aromatic rings. The third-order valence-electron chi connectivity index (χ3n) is 3.98. The Morgan fingerprint density at radius 2 is 2.12 bits per heavy atom. The molecule has 1 aromatic carbocycles. The fourth-order valence-electron chi connectivity index (χ4n) is 2.66. The first-order valence-electron chi connectivity index (χ1n) is 7.94. The maximum atomic E-state index is 12.4. The first-order chi connectivity index (χ1) is 12.1. The quantitative estimate of drug-likeness (QED) is 0.778. The van der Waals surface area contributed by atoms with Crippen LogP contribution in [-0.2, 0) is 13.6 Å². The highest BCUT2D eigenvalue weighted by Gasteiger charge is 2.14. The molecule has 0 spiro atoms. The van der Waals surface area contributed by atoms with Gasteiger partial charge in [-0.25, -0.2) is 0 Å². The number of hydrogen-bond donors (Lipinski definition) is 1. The van der Waals surface area contributed by atoms with E-state index < -0.39 is 0 Å². The molecule has 0 saturated carbocycles. The molecule has 2 heterocycles. The van der Waals surface area contributed by atoms with Crippen LogP contribution in [0.2, 0.25) is 0 Å². The Balaban J connectivity index is 1.77. The van der Waals surface area contributed by atoms with Crippen LogP contribution in [0.4, 0.5) is 0 Å². The van der Waals surface area contributed by atoms with Gasteiger partial charge in [-0.1, -0.05) is 6.07 Å². The second-order valence-corrected chi connectivity index (χ2v) is 5.77. The van der Waals surface area contributed by atoms with Crippen molar-refractivity contribution in [2.75, 3.05) is 7.11 Å². The third-order valence-corrected chi connectivity index (χ3v) is 3.98. The van der Waals surface area contributed by atoms with Gasteiger partial charge in [0.1, 0.15) is 5.75 Å². The van der Waals surface area contributed by atoms with Gasteiger partial charge in [0.2, 0.25) is 0 Å². The molecule has 0 aliphatic carbocycles. The van der Waals surface area contributed by atoms with E-state index in [1.54, 1.807) is 30.3 Å². The van der Waals surface area contributed by atoms with Gasteiger partial charge in [-0.15, -0.1) is 0 Å². The van der Waals surface area contributed by atoms with E-state index in [9.17, 15) is 4.79 Å². The maximum Gasteiger partial charge on any atom is 0.272 e. The van der Waals surface area contributed by atoms with Gasteiger partial charge in [-0.3, -0.25) is 14.5 Å². The van der Waals surface area contributed by atoms with Gasteiger partial charge in [-0.05, 0) is 48.4 Å². The number of carbonyl (C=O) groups is 1. The highest BCUT2D eigenvalue weighted by Crippen LogP contribution is 2.26. The highest BCUT2D eigenvalue weighted by molar-refractivity contribution is 5.93. The number of rotatable bonds is 5. The fraction of sp³-hybridized carbons (Fsp3) is 0.211.